The molecule has 402 valence electrons. The minimum Gasteiger partial charge on any atom is -0.462 e. The second-order valence-electron chi connectivity index (χ2n) is 20.2. The van der Waals surface area contributed by atoms with Crippen LogP contribution in [0.4, 0.5) is 0 Å². The Morgan fingerprint density at radius 2 is 0.565 bits per heavy atom. The van der Waals surface area contributed by atoms with Crippen LogP contribution in [0, 0.1) is 0 Å². The first-order chi connectivity index (χ1) is 34.0. The number of unbranched alkanes of at least 4 members (excludes halogenated alkanes) is 36. The third-order valence-electron chi connectivity index (χ3n) is 13.3. The van der Waals surface area contributed by atoms with Gasteiger partial charge in [0.15, 0.2) is 6.10 Å². The van der Waals surface area contributed by atoms with E-state index in [0.29, 0.717) is 19.3 Å². The molecule has 0 N–H and O–H groups in total. The summed E-state index contributed by atoms with van der Waals surface area (Å²) in [6.07, 6.45) is 71.5. The minimum absolute atomic E-state index is 0.0797. The number of esters is 3. The molecule has 0 aromatic carbocycles. The van der Waals surface area contributed by atoms with Crippen molar-refractivity contribution in [1.29, 1.82) is 0 Å². The largest absolute Gasteiger partial charge is 0.462 e. The van der Waals surface area contributed by atoms with Crippen molar-refractivity contribution in [2.75, 3.05) is 13.2 Å². The van der Waals surface area contributed by atoms with E-state index in [4.69, 9.17) is 14.2 Å². The lowest BCUT2D eigenvalue weighted by atomic mass is 10.0. The summed E-state index contributed by atoms with van der Waals surface area (Å²) in [6.45, 7) is 6.50. The van der Waals surface area contributed by atoms with Crippen LogP contribution in [0.15, 0.2) is 48.6 Å². The molecule has 0 spiro atoms. The van der Waals surface area contributed by atoms with Crippen molar-refractivity contribution < 1.29 is 28.6 Å². The van der Waals surface area contributed by atoms with E-state index in [-0.39, 0.29) is 31.1 Å². The number of carbonyl (C=O) groups excluding carboxylic acids is 3. The predicted molar refractivity (Wildman–Crippen MR) is 298 cm³/mol. The molecule has 0 aromatic rings. The van der Waals surface area contributed by atoms with E-state index in [1.165, 1.54) is 180 Å². The summed E-state index contributed by atoms with van der Waals surface area (Å²) in [4.78, 5) is 38.0. The Bertz CT molecular complexity index is 1200. The molecule has 0 saturated heterocycles. The predicted octanol–water partition coefficient (Wildman–Crippen LogP) is 20.2. The second kappa shape index (κ2) is 57.9. The Kier molecular flexibility index (Phi) is 55.7. The van der Waals surface area contributed by atoms with Crippen LogP contribution in [-0.2, 0) is 28.6 Å². The first-order valence-electron chi connectivity index (χ1n) is 30.1. The Morgan fingerprint density at radius 1 is 0.304 bits per heavy atom. The zero-order chi connectivity index (χ0) is 50.0. The van der Waals surface area contributed by atoms with Gasteiger partial charge < -0.3 is 14.2 Å². The molecule has 1 unspecified atom stereocenters. The molecule has 0 aliphatic heterocycles. The maximum absolute atomic E-state index is 12.8. The van der Waals surface area contributed by atoms with Crippen molar-refractivity contribution in [2.24, 2.45) is 0 Å². The van der Waals surface area contributed by atoms with Gasteiger partial charge in [0.25, 0.3) is 0 Å². The van der Waals surface area contributed by atoms with Crippen LogP contribution in [0.25, 0.3) is 0 Å². The first kappa shape index (κ1) is 66.4. The molecule has 6 nitrogen and oxygen atoms in total. The van der Waals surface area contributed by atoms with Gasteiger partial charge in [-0.05, 0) is 57.8 Å². The Morgan fingerprint density at radius 3 is 0.884 bits per heavy atom. The lowest BCUT2D eigenvalue weighted by Crippen LogP contribution is -2.30. The SMILES string of the molecule is CC/C=C\C/C=C\C/C=C\C/C=C\CCCCCCC(=O)OC(COC(=O)CCCCCCCCC)COC(=O)CCCCCCCCCCCCCCCCCCCCCCCCCCCCC. The van der Waals surface area contributed by atoms with Gasteiger partial charge in [-0.2, -0.15) is 0 Å². The summed E-state index contributed by atoms with van der Waals surface area (Å²) < 4.78 is 16.8. The molecule has 0 rings (SSSR count). The van der Waals surface area contributed by atoms with Crippen LogP contribution in [0.1, 0.15) is 316 Å². The molecule has 0 aromatic heterocycles. The van der Waals surface area contributed by atoms with Crippen molar-refractivity contribution in [2.45, 2.75) is 322 Å². The van der Waals surface area contributed by atoms with E-state index in [2.05, 4.69) is 69.4 Å². The fourth-order valence-electron chi connectivity index (χ4n) is 8.85. The number of carbonyl (C=O) groups is 3. The fourth-order valence-corrected chi connectivity index (χ4v) is 8.85. The maximum Gasteiger partial charge on any atom is 0.306 e. The van der Waals surface area contributed by atoms with Gasteiger partial charge in [0.1, 0.15) is 13.2 Å². The lowest BCUT2D eigenvalue weighted by molar-refractivity contribution is -0.167. The standard InChI is InChI=1S/C63H114O6/c1-4-7-10-13-16-18-20-22-24-26-27-28-29-30-31-32-33-34-35-37-38-40-42-44-47-50-53-56-62(65)68-59-60(58-67-61(64)55-52-49-46-15-12-9-6-3)69-63(66)57-54-51-48-45-43-41-39-36-25-23-21-19-17-14-11-8-5-2/h8,11,17,19,23,25,39,41,60H,4-7,9-10,12-16,18,20-22,24,26-38,40,42-59H2,1-3H3/b11-8-,19-17-,25-23-,41-39-. The smallest absolute Gasteiger partial charge is 0.306 e. The summed E-state index contributed by atoms with van der Waals surface area (Å²) in [7, 11) is 0. The van der Waals surface area contributed by atoms with Gasteiger partial charge in [0.2, 0.25) is 0 Å². The first-order valence-corrected chi connectivity index (χ1v) is 30.1. The van der Waals surface area contributed by atoms with Gasteiger partial charge in [-0.25, -0.2) is 0 Å². The minimum atomic E-state index is -0.781. The summed E-state index contributed by atoms with van der Waals surface area (Å²) in [5.74, 6) is -0.896. The molecule has 6 heteroatoms. The molecule has 0 heterocycles. The highest BCUT2D eigenvalue weighted by Crippen LogP contribution is 2.17. The number of ether oxygens (including phenoxy) is 3. The van der Waals surface area contributed by atoms with Gasteiger partial charge in [-0.15, -0.1) is 0 Å². The van der Waals surface area contributed by atoms with E-state index in [1.807, 2.05) is 0 Å². The maximum atomic E-state index is 12.8. The third-order valence-corrected chi connectivity index (χ3v) is 13.3. The molecular formula is C63H114O6. The molecule has 0 aliphatic rings. The van der Waals surface area contributed by atoms with Crippen molar-refractivity contribution >= 4 is 17.9 Å². The molecule has 0 amide bonds. The zero-order valence-electron chi connectivity index (χ0n) is 46.1. The van der Waals surface area contributed by atoms with E-state index in [0.717, 1.165) is 96.3 Å². The lowest BCUT2D eigenvalue weighted by Gasteiger charge is -2.18. The number of hydrogen-bond acceptors (Lipinski definition) is 6. The summed E-state index contributed by atoms with van der Waals surface area (Å²) >= 11 is 0. The number of rotatable bonds is 55. The van der Waals surface area contributed by atoms with Crippen LogP contribution >= 0.6 is 0 Å². The van der Waals surface area contributed by atoms with Crippen LogP contribution < -0.4 is 0 Å². The zero-order valence-corrected chi connectivity index (χ0v) is 46.1. The molecule has 0 bridgehead atoms. The summed E-state index contributed by atoms with van der Waals surface area (Å²) in [5.41, 5.74) is 0. The van der Waals surface area contributed by atoms with Crippen LogP contribution in [0.2, 0.25) is 0 Å². The third kappa shape index (κ3) is 56.2. The van der Waals surface area contributed by atoms with E-state index in [1.54, 1.807) is 0 Å². The highest BCUT2D eigenvalue weighted by molar-refractivity contribution is 5.71. The van der Waals surface area contributed by atoms with Gasteiger partial charge >= 0.3 is 17.9 Å². The highest BCUT2D eigenvalue weighted by Gasteiger charge is 2.19. The van der Waals surface area contributed by atoms with Crippen molar-refractivity contribution in [3.05, 3.63) is 48.6 Å². The van der Waals surface area contributed by atoms with Crippen molar-refractivity contribution in [3.63, 3.8) is 0 Å². The van der Waals surface area contributed by atoms with Gasteiger partial charge in [0, 0.05) is 19.3 Å². The van der Waals surface area contributed by atoms with E-state index in [9.17, 15) is 14.4 Å². The molecular weight excluding hydrogens is 853 g/mol. The Balaban J connectivity index is 4.09. The van der Waals surface area contributed by atoms with E-state index < -0.39 is 6.10 Å². The molecule has 0 radical (unpaired) electrons. The topological polar surface area (TPSA) is 78.9 Å². The molecule has 69 heavy (non-hydrogen) atoms. The molecule has 0 fully saturated rings. The summed E-state index contributed by atoms with van der Waals surface area (Å²) in [6, 6.07) is 0. The number of allylic oxidation sites excluding steroid dienone is 8. The van der Waals surface area contributed by atoms with Gasteiger partial charge in [0.05, 0.1) is 0 Å². The van der Waals surface area contributed by atoms with Crippen molar-refractivity contribution in [3.8, 4) is 0 Å². The molecule has 0 aliphatic carbocycles. The second-order valence-corrected chi connectivity index (χ2v) is 20.2. The van der Waals surface area contributed by atoms with E-state index >= 15 is 0 Å². The Labute approximate surface area is 428 Å². The van der Waals surface area contributed by atoms with Crippen LogP contribution in [0.3, 0.4) is 0 Å². The molecule has 1 atom stereocenters. The normalized spacial score (nSPS) is 12.3. The quantitative estimate of drug-likeness (QED) is 0.0262. The summed E-state index contributed by atoms with van der Waals surface area (Å²) in [5, 5.41) is 0. The fraction of sp³-hybridized carbons (Fsp3) is 0.825. The van der Waals surface area contributed by atoms with Gasteiger partial charge in [-0.1, -0.05) is 288 Å². The Hall–Kier alpha value is -2.63. The van der Waals surface area contributed by atoms with Gasteiger partial charge in [-0.3, -0.25) is 14.4 Å². The molecule has 0 saturated carbocycles. The average Bonchev–Trinajstić information content (AvgIpc) is 3.35. The monoisotopic (exact) mass is 967 g/mol. The van der Waals surface area contributed by atoms with Crippen molar-refractivity contribution in [1.82, 2.24) is 0 Å². The highest BCUT2D eigenvalue weighted by atomic mass is 16.6. The number of hydrogen-bond donors (Lipinski definition) is 0. The average molecular weight is 968 g/mol. The van der Waals surface area contributed by atoms with Crippen LogP contribution in [-0.4, -0.2) is 37.2 Å². The van der Waals surface area contributed by atoms with Crippen LogP contribution in [0.5, 0.6) is 0 Å².